The second kappa shape index (κ2) is 5.29. The summed E-state index contributed by atoms with van der Waals surface area (Å²) in [5, 5.41) is 0.702. The molecule has 0 fully saturated rings. The summed E-state index contributed by atoms with van der Waals surface area (Å²) in [4.78, 5) is 4.07. The largest absolute Gasteiger partial charge is 0.333 e. The van der Waals surface area contributed by atoms with E-state index in [0.717, 1.165) is 12.2 Å². The Kier molecular flexibility index (Phi) is 4.32. The van der Waals surface area contributed by atoms with Crippen LogP contribution in [-0.4, -0.2) is 21.1 Å². The van der Waals surface area contributed by atoms with Gasteiger partial charge in [0.15, 0.2) is 0 Å². The minimum atomic E-state index is 0.577. The molecule has 0 aliphatic rings. The molecular formula is C9H17N3S. The summed E-state index contributed by atoms with van der Waals surface area (Å²) in [6.07, 6.45) is 7.01. The van der Waals surface area contributed by atoms with Crippen LogP contribution in [0.25, 0.3) is 0 Å². The number of nitrogens with zero attached hydrogens (tertiary/aromatic N) is 2. The summed E-state index contributed by atoms with van der Waals surface area (Å²) in [5.41, 5.74) is 6.69. The zero-order valence-electron chi connectivity index (χ0n) is 8.23. The lowest BCUT2D eigenvalue weighted by atomic mass is 10.3. The van der Waals surface area contributed by atoms with Gasteiger partial charge in [0, 0.05) is 24.5 Å². The normalized spacial score (nSPS) is 13.2. The predicted octanol–water partition coefficient (Wildman–Crippen LogP) is 1.48. The average molecular weight is 199 g/mol. The second-order valence-corrected chi connectivity index (χ2v) is 4.39. The first-order valence-electron chi connectivity index (χ1n) is 4.49. The number of aromatic nitrogens is 2. The third kappa shape index (κ3) is 3.04. The number of rotatable bonds is 5. The van der Waals surface area contributed by atoms with Gasteiger partial charge in [-0.1, -0.05) is 6.92 Å². The molecule has 0 aliphatic heterocycles. The topological polar surface area (TPSA) is 43.8 Å². The molecule has 1 unspecified atom stereocenters. The van der Waals surface area contributed by atoms with E-state index in [0.29, 0.717) is 11.8 Å². The fourth-order valence-electron chi connectivity index (χ4n) is 1.16. The molecule has 1 heterocycles. The van der Waals surface area contributed by atoms with E-state index < -0.39 is 0 Å². The van der Waals surface area contributed by atoms with E-state index in [1.54, 1.807) is 0 Å². The summed E-state index contributed by atoms with van der Waals surface area (Å²) in [6.45, 7) is 3.84. The highest BCUT2D eigenvalue weighted by atomic mass is 32.2. The molecule has 0 saturated carbocycles. The zero-order valence-corrected chi connectivity index (χ0v) is 9.05. The molecule has 0 bridgehead atoms. The molecule has 1 rings (SSSR count). The molecule has 0 amide bonds. The standard InChI is InChI=1S/C9H17N3S/c1-8(13-2)3-4-12-7-11-6-9(12)5-10/h6-8H,3-5,10H2,1-2H3. The van der Waals surface area contributed by atoms with Crippen molar-refractivity contribution in [3.8, 4) is 0 Å². The molecule has 1 atom stereocenters. The number of hydrogen-bond acceptors (Lipinski definition) is 3. The molecule has 0 spiro atoms. The van der Waals surface area contributed by atoms with Crippen molar-refractivity contribution in [2.45, 2.75) is 31.7 Å². The predicted molar refractivity (Wildman–Crippen MR) is 57.7 cm³/mol. The molecule has 0 radical (unpaired) electrons. The summed E-state index contributed by atoms with van der Waals surface area (Å²) in [7, 11) is 0. The van der Waals surface area contributed by atoms with E-state index in [2.05, 4.69) is 22.7 Å². The van der Waals surface area contributed by atoms with Gasteiger partial charge in [-0.3, -0.25) is 0 Å². The molecule has 13 heavy (non-hydrogen) atoms. The summed E-state index contributed by atoms with van der Waals surface area (Å²) >= 11 is 1.90. The highest BCUT2D eigenvalue weighted by molar-refractivity contribution is 7.99. The number of nitrogens with two attached hydrogens (primary N) is 1. The van der Waals surface area contributed by atoms with E-state index in [-0.39, 0.29) is 0 Å². The van der Waals surface area contributed by atoms with Crippen LogP contribution in [0, 0.1) is 0 Å². The monoisotopic (exact) mass is 199 g/mol. The first-order chi connectivity index (χ1) is 6.27. The third-order valence-corrected chi connectivity index (χ3v) is 3.23. The van der Waals surface area contributed by atoms with Crippen LogP contribution < -0.4 is 5.73 Å². The van der Waals surface area contributed by atoms with Gasteiger partial charge in [-0.15, -0.1) is 0 Å². The van der Waals surface area contributed by atoms with E-state index in [1.807, 2.05) is 24.3 Å². The van der Waals surface area contributed by atoms with Crippen molar-refractivity contribution in [3.05, 3.63) is 18.2 Å². The van der Waals surface area contributed by atoms with Crippen molar-refractivity contribution < 1.29 is 0 Å². The number of imidazole rings is 1. The van der Waals surface area contributed by atoms with Gasteiger partial charge in [-0.25, -0.2) is 4.98 Å². The summed E-state index contributed by atoms with van der Waals surface area (Å²) in [6, 6.07) is 0. The van der Waals surface area contributed by atoms with Crippen molar-refractivity contribution in [2.75, 3.05) is 6.26 Å². The molecule has 3 nitrogen and oxygen atoms in total. The van der Waals surface area contributed by atoms with E-state index in [1.165, 1.54) is 6.42 Å². The van der Waals surface area contributed by atoms with Crippen LogP contribution in [0.4, 0.5) is 0 Å². The molecule has 0 saturated heterocycles. The average Bonchev–Trinajstić information content (AvgIpc) is 2.61. The van der Waals surface area contributed by atoms with E-state index in [4.69, 9.17) is 5.73 Å². The van der Waals surface area contributed by atoms with Crippen LogP contribution in [0.1, 0.15) is 19.0 Å². The summed E-state index contributed by atoms with van der Waals surface area (Å²) < 4.78 is 2.13. The van der Waals surface area contributed by atoms with Crippen molar-refractivity contribution in [1.82, 2.24) is 9.55 Å². The molecule has 1 aromatic heterocycles. The van der Waals surface area contributed by atoms with Gasteiger partial charge >= 0.3 is 0 Å². The minimum Gasteiger partial charge on any atom is -0.333 e. The highest BCUT2D eigenvalue weighted by Gasteiger charge is 2.02. The number of hydrogen-bond donors (Lipinski definition) is 1. The number of thioether (sulfide) groups is 1. The first kappa shape index (κ1) is 10.6. The molecule has 1 aromatic rings. The zero-order chi connectivity index (χ0) is 9.68. The number of aryl methyl sites for hydroxylation is 1. The van der Waals surface area contributed by atoms with Crippen LogP contribution in [-0.2, 0) is 13.1 Å². The smallest absolute Gasteiger partial charge is 0.0948 e. The Morgan fingerprint density at radius 2 is 2.46 bits per heavy atom. The van der Waals surface area contributed by atoms with Gasteiger partial charge in [0.1, 0.15) is 0 Å². The van der Waals surface area contributed by atoms with Gasteiger partial charge in [0.05, 0.1) is 12.0 Å². The van der Waals surface area contributed by atoms with Crippen LogP contribution in [0.2, 0.25) is 0 Å². The third-order valence-electron chi connectivity index (χ3n) is 2.19. The van der Waals surface area contributed by atoms with E-state index in [9.17, 15) is 0 Å². The van der Waals surface area contributed by atoms with Crippen LogP contribution in [0.5, 0.6) is 0 Å². The van der Waals surface area contributed by atoms with Crippen molar-refractivity contribution in [1.29, 1.82) is 0 Å². The molecule has 2 N–H and O–H groups in total. The SMILES string of the molecule is CSC(C)CCn1cncc1CN. The van der Waals surface area contributed by atoms with Gasteiger partial charge in [0.2, 0.25) is 0 Å². The maximum absolute atomic E-state index is 5.57. The highest BCUT2D eigenvalue weighted by Crippen LogP contribution is 2.11. The van der Waals surface area contributed by atoms with Gasteiger partial charge < -0.3 is 10.3 Å². The summed E-state index contributed by atoms with van der Waals surface area (Å²) in [5.74, 6) is 0. The van der Waals surface area contributed by atoms with Gasteiger partial charge in [0.25, 0.3) is 0 Å². The van der Waals surface area contributed by atoms with Crippen LogP contribution in [0.3, 0.4) is 0 Å². The van der Waals surface area contributed by atoms with Gasteiger partial charge in [-0.2, -0.15) is 11.8 Å². The molecular weight excluding hydrogens is 182 g/mol. The lowest BCUT2D eigenvalue weighted by Gasteiger charge is -2.10. The van der Waals surface area contributed by atoms with Gasteiger partial charge in [-0.05, 0) is 12.7 Å². The molecule has 0 aliphatic carbocycles. The van der Waals surface area contributed by atoms with Crippen LogP contribution >= 0.6 is 11.8 Å². The Labute approximate surface area is 83.7 Å². The van der Waals surface area contributed by atoms with E-state index >= 15 is 0 Å². The Bertz CT molecular complexity index is 247. The van der Waals surface area contributed by atoms with Crippen molar-refractivity contribution in [2.24, 2.45) is 5.73 Å². The lowest BCUT2D eigenvalue weighted by Crippen LogP contribution is -2.09. The van der Waals surface area contributed by atoms with Crippen molar-refractivity contribution >= 4 is 11.8 Å². The Morgan fingerprint density at radius 1 is 1.69 bits per heavy atom. The Balaban J connectivity index is 2.44. The Hall–Kier alpha value is -0.480. The minimum absolute atomic E-state index is 0.577. The fraction of sp³-hybridized carbons (Fsp3) is 0.667. The maximum Gasteiger partial charge on any atom is 0.0948 e. The lowest BCUT2D eigenvalue weighted by molar-refractivity contribution is 0.616. The second-order valence-electron chi connectivity index (χ2n) is 3.12. The Morgan fingerprint density at radius 3 is 3.08 bits per heavy atom. The van der Waals surface area contributed by atoms with Crippen molar-refractivity contribution in [3.63, 3.8) is 0 Å². The maximum atomic E-state index is 5.57. The first-order valence-corrected chi connectivity index (χ1v) is 5.78. The quantitative estimate of drug-likeness (QED) is 0.781. The molecule has 4 heteroatoms. The van der Waals surface area contributed by atoms with Crippen LogP contribution in [0.15, 0.2) is 12.5 Å². The molecule has 74 valence electrons. The molecule has 0 aromatic carbocycles. The fourth-order valence-corrected chi connectivity index (χ4v) is 1.50.